The third-order valence-corrected chi connectivity index (χ3v) is 0.722. The van der Waals surface area contributed by atoms with Gasteiger partial charge in [0.25, 0.3) is 0 Å². The van der Waals surface area contributed by atoms with E-state index in [4.69, 9.17) is 4.74 Å². The van der Waals surface area contributed by atoms with Gasteiger partial charge in [0.05, 0.1) is 12.2 Å². The molecule has 1 heterocycles. The Labute approximate surface area is 60.4 Å². The van der Waals surface area contributed by atoms with Gasteiger partial charge >= 0.3 is 29.6 Å². The number of hydrogen-bond donors (Lipinski definition) is 0. The summed E-state index contributed by atoms with van der Waals surface area (Å²) in [5, 5.41) is 0. The van der Waals surface area contributed by atoms with Crippen LogP contribution in [0.2, 0.25) is 0 Å². The van der Waals surface area contributed by atoms with Gasteiger partial charge in [-0.05, 0) is 13.8 Å². The molecular weight excluding hydrogens is 87.0 g/mol. The maximum absolute atomic E-state index is 4.90. The van der Waals surface area contributed by atoms with Crippen LogP contribution in [0.25, 0.3) is 0 Å². The third kappa shape index (κ3) is 2.19. The second-order valence-corrected chi connectivity index (χ2v) is 2.05. The molecule has 32 valence electrons. The van der Waals surface area contributed by atoms with Crippen molar-refractivity contribution in [3.63, 3.8) is 0 Å². The van der Waals surface area contributed by atoms with E-state index in [1.54, 1.807) is 0 Å². The molecule has 0 aromatic carbocycles. The summed E-state index contributed by atoms with van der Waals surface area (Å²) in [6.07, 6.45) is 0. The molecule has 0 unspecified atom stereocenters. The minimum atomic E-state index is 0. The van der Waals surface area contributed by atoms with Crippen molar-refractivity contribution in [1.29, 1.82) is 0 Å². The molecule has 0 N–H and O–H groups in total. The van der Waals surface area contributed by atoms with Crippen LogP contribution in [0.5, 0.6) is 0 Å². The van der Waals surface area contributed by atoms with E-state index < -0.39 is 0 Å². The van der Waals surface area contributed by atoms with Crippen LogP contribution in [0, 0.1) is 0 Å². The van der Waals surface area contributed by atoms with Crippen LogP contribution >= 0.6 is 0 Å². The van der Waals surface area contributed by atoms with Gasteiger partial charge in [0, 0.05) is 0 Å². The molecule has 1 rings (SSSR count). The Morgan fingerprint density at radius 2 is 1.67 bits per heavy atom. The molecule has 0 saturated carbocycles. The monoisotopic (exact) mass is 96.1 g/mol. The fourth-order valence-corrected chi connectivity index (χ4v) is 0.144. The Morgan fingerprint density at radius 1 is 1.50 bits per heavy atom. The molecule has 1 fully saturated rings. The molecule has 1 aliphatic rings. The van der Waals surface area contributed by atoms with Crippen molar-refractivity contribution < 1.29 is 4.74 Å². The van der Waals surface area contributed by atoms with Gasteiger partial charge in [-0.2, -0.15) is 0 Å². The summed E-state index contributed by atoms with van der Waals surface area (Å²) >= 11 is 0. The Morgan fingerprint density at radius 3 is 1.67 bits per heavy atom. The summed E-state index contributed by atoms with van der Waals surface area (Å²) in [4.78, 5) is 0. The van der Waals surface area contributed by atoms with E-state index in [9.17, 15) is 0 Å². The first-order chi connectivity index (χ1) is 2.21. The molecule has 0 atom stereocenters. The molecule has 0 aliphatic carbocycles. The van der Waals surface area contributed by atoms with Crippen molar-refractivity contribution in [2.45, 2.75) is 19.4 Å². The summed E-state index contributed by atoms with van der Waals surface area (Å²) < 4.78 is 4.90. The van der Waals surface area contributed by atoms with Gasteiger partial charge in [0.2, 0.25) is 0 Å². The number of hydrogen-bond acceptors (Lipinski definition) is 1. The van der Waals surface area contributed by atoms with E-state index in [0.29, 0.717) is 0 Å². The van der Waals surface area contributed by atoms with Crippen LogP contribution in [0.15, 0.2) is 0 Å². The second kappa shape index (κ2) is 1.83. The molecule has 0 radical (unpaired) electrons. The van der Waals surface area contributed by atoms with Gasteiger partial charge in [-0.15, -0.1) is 0 Å². The Kier molecular flexibility index (Phi) is 2.12. The van der Waals surface area contributed by atoms with Crippen LogP contribution < -0.4 is 0 Å². The van der Waals surface area contributed by atoms with Gasteiger partial charge in [-0.1, -0.05) is 0 Å². The first-order valence-corrected chi connectivity index (χ1v) is 1.85. The topological polar surface area (TPSA) is 12.5 Å². The van der Waals surface area contributed by atoms with E-state index in [-0.39, 0.29) is 35.2 Å². The van der Waals surface area contributed by atoms with E-state index in [1.165, 1.54) is 0 Å². The molecule has 0 bridgehead atoms. The first kappa shape index (κ1) is 6.96. The van der Waals surface area contributed by atoms with Gasteiger partial charge in [0.15, 0.2) is 0 Å². The van der Waals surface area contributed by atoms with Crippen molar-refractivity contribution in [2.24, 2.45) is 0 Å². The van der Waals surface area contributed by atoms with E-state index in [0.717, 1.165) is 6.61 Å². The molecule has 0 spiro atoms. The van der Waals surface area contributed by atoms with E-state index in [1.807, 2.05) is 0 Å². The van der Waals surface area contributed by atoms with Crippen molar-refractivity contribution in [1.82, 2.24) is 0 Å². The standard InChI is InChI=1S/C4H8O.Na.H/c1-4(2)3-5-4;;/h3H2,1-2H3;;. The number of epoxide rings is 1. The molecule has 6 heavy (non-hydrogen) atoms. The number of ether oxygens (including phenoxy) is 1. The fourth-order valence-electron chi connectivity index (χ4n) is 0.144. The fraction of sp³-hybridized carbons (Fsp3) is 1.00. The first-order valence-electron chi connectivity index (χ1n) is 1.85. The zero-order valence-electron chi connectivity index (χ0n) is 3.62. The molecule has 0 aromatic rings. The van der Waals surface area contributed by atoms with E-state index >= 15 is 0 Å². The molecule has 0 aromatic heterocycles. The summed E-state index contributed by atoms with van der Waals surface area (Å²) in [6.45, 7) is 5.10. The van der Waals surface area contributed by atoms with Crippen molar-refractivity contribution in [3.05, 3.63) is 0 Å². The van der Waals surface area contributed by atoms with Gasteiger partial charge < -0.3 is 4.74 Å². The summed E-state index contributed by atoms with van der Waals surface area (Å²) in [5.74, 6) is 0. The third-order valence-electron chi connectivity index (χ3n) is 0.722. The van der Waals surface area contributed by atoms with Gasteiger partial charge in [-0.25, -0.2) is 0 Å². The van der Waals surface area contributed by atoms with Crippen molar-refractivity contribution in [2.75, 3.05) is 6.61 Å². The molecule has 2 heteroatoms. The van der Waals surface area contributed by atoms with Crippen molar-refractivity contribution >= 4 is 29.6 Å². The molecule has 1 aliphatic heterocycles. The Hall–Kier alpha value is 0.960. The predicted octanol–water partition coefficient (Wildman–Crippen LogP) is 0.147. The summed E-state index contributed by atoms with van der Waals surface area (Å²) in [6, 6.07) is 0. The predicted molar refractivity (Wildman–Crippen MR) is 27.2 cm³/mol. The van der Waals surface area contributed by atoms with E-state index in [2.05, 4.69) is 13.8 Å². The minimum absolute atomic E-state index is 0. The SMILES string of the molecule is CC1(C)CO1.[NaH]. The number of rotatable bonds is 0. The second-order valence-electron chi connectivity index (χ2n) is 2.05. The molecule has 1 saturated heterocycles. The molecular formula is C4H9NaO. The average Bonchev–Trinajstić information content (AvgIpc) is 1.76. The van der Waals surface area contributed by atoms with Crippen LogP contribution in [-0.4, -0.2) is 41.8 Å². The van der Waals surface area contributed by atoms with Crippen LogP contribution in [0.1, 0.15) is 13.8 Å². The zero-order valence-corrected chi connectivity index (χ0v) is 3.62. The molecule has 1 nitrogen and oxygen atoms in total. The maximum atomic E-state index is 4.90. The van der Waals surface area contributed by atoms with Crippen molar-refractivity contribution in [3.8, 4) is 0 Å². The quantitative estimate of drug-likeness (QED) is 0.309. The van der Waals surface area contributed by atoms with Crippen LogP contribution in [0.4, 0.5) is 0 Å². The average molecular weight is 96.1 g/mol. The summed E-state index contributed by atoms with van der Waals surface area (Å²) in [5.41, 5.74) is 0.250. The zero-order chi connectivity index (χ0) is 3.91. The summed E-state index contributed by atoms with van der Waals surface area (Å²) in [7, 11) is 0. The normalized spacial score (nSPS) is 25.0. The molecule has 0 amide bonds. The Balaban J connectivity index is 0.000000250. The van der Waals surface area contributed by atoms with Gasteiger partial charge in [0.1, 0.15) is 0 Å². The van der Waals surface area contributed by atoms with Crippen LogP contribution in [-0.2, 0) is 4.74 Å². The van der Waals surface area contributed by atoms with Crippen LogP contribution in [0.3, 0.4) is 0 Å². The Bertz CT molecular complexity index is 45.5. The van der Waals surface area contributed by atoms with Gasteiger partial charge in [-0.3, -0.25) is 0 Å².